The van der Waals surface area contributed by atoms with Gasteiger partial charge >= 0.3 is 12.3 Å². The molecule has 0 saturated heterocycles. The van der Waals surface area contributed by atoms with Crippen LogP contribution in [0.4, 0.5) is 22.0 Å². The zero-order valence-corrected chi connectivity index (χ0v) is 10.9. The fourth-order valence-electron chi connectivity index (χ4n) is 1.93. The van der Waals surface area contributed by atoms with E-state index in [2.05, 4.69) is 4.74 Å². The maximum Gasteiger partial charge on any atom is 0.573 e. The summed E-state index contributed by atoms with van der Waals surface area (Å²) in [4.78, 5) is 11.0. The number of hydrogen-bond acceptors (Lipinski definition) is 3. The van der Waals surface area contributed by atoms with Crippen molar-refractivity contribution in [1.29, 1.82) is 0 Å². The molecule has 0 fully saturated rings. The summed E-state index contributed by atoms with van der Waals surface area (Å²) in [5, 5.41) is 8.96. The Morgan fingerprint density at radius 1 is 1.27 bits per heavy atom. The first kappa shape index (κ1) is 16.1. The van der Waals surface area contributed by atoms with Crippen molar-refractivity contribution in [3.05, 3.63) is 29.3 Å². The van der Waals surface area contributed by atoms with Gasteiger partial charge in [0.15, 0.2) is 6.10 Å². The predicted molar refractivity (Wildman–Crippen MR) is 63.8 cm³/mol. The number of rotatable bonds is 3. The lowest BCUT2D eigenvalue weighted by atomic mass is 9.98. The predicted octanol–water partition coefficient (Wildman–Crippen LogP) is 3.47. The first-order chi connectivity index (χ1) is 9.97. The molecule has 2 rings (SSSR count). The number of hydrogen-bond donors (Lipinski definition) is 1. The number of carbonyl (C=O) groups is 1. The van der Waals surface area contributed by atoms with Gasteiger partial charge in [-0.05, 0) is 24.3 Å². The van der Waals surface area contributed by atoms with Gasteiger partial charge in [0.25, 0.3) is 5.92 Å². The standard InChI is InChI=1S/C13H9F5O4/c1-12(14,15)10-8(11(19)20)5-6-4-7(22-13(16,17)18)2-3-9(6)21-10/h2-5,10H,1H3,(H,19,20). The summed E-state index contributed by atoms with van der Waals surface area (Å²) in [7, 11) is 0. The lowest BCUT2D eigenvalue weighted by Gasteiger charge is -2.29. The minimum Gasteiger partial charge on any atom is -0.478 e. The minimum absolute atomic E-state index is 0.0975. The second-order valence-corrected chi connectivity index (χ2v) is 4.61. The number of benzene rings is 1. The summed E-state index contributed by atoms with van der Waals surface area (Å²) in [5.41, 5.74) is -0.858. The molecule has 0 aliphatic carbocycles. The maximum absolute atomic E-state index is 13.4. The van der Waals surface area contributed by atoms with E-state index in [1.807, 2.05) is 0 Å². The molecule has 0 radical (unpaired) electrons. The van der Waals surface area contributed by atoms with Crippen LogP contribution in [0.25, 0.3) is 6.08 Å². The third-order valence-corrected chi connectivity index (χ3v) is 2.76. The second kappa shape index (κ2) is 5.15. The molecule has 1 aromatic rings. The number of halogens is 5. The van der Waals surface area contributed by atoms with E-state index in [9.17, 15) is 26.7 Å². The third-order valence-electron chi connectivity index (χ3n) is 2.76. The van der Waals surface area contributed by atoms with E-state index >= 15 is 0 Å². The number of carboxylic acid groups (broad SMARTS) is 1. The minimum atomic E-state index is -4.93. The molecule has 22 heavy (non-hydrogen) atoms. The molecule has 0 saturated carbocycles. The van der Waals surface area contributed by atoms with E-state index in [0.29, 0.717) is 6.92 Å². The van der Waals surface area contributed by atoms with Crippen molar-refractivity contribution in [1.82, 2.24) is 0 Å². The van der Waals surface area contributed by atoms with Crippen LogP contribution < -0.4 is 9.47 Å². The highest BCUT2D eigenvalue weighted by Crippen LogP contribution is 2.38. The maximum atomic E-state index is 13.4. The Morgan fingerprint density at radius 3 is 2.41 bits per heavy atom. The first-order valence-corrected chi connectivity index (χ1v) is 5.86. The highest BCUT2D eigenvalue weighted by atomic mass is 19.4. The van der Waals surface area contributed by atoms with Gasteiger partial charge in [-0.2, -0.15) is 0 Å². The zero-order valence-electron chi connectivity index (χ0n) is 10.9. The Morgan fingerprint density at radius 2 is 1.91 bits per heavy atom. The Kier molecular flexibility index (Phi) is 3.76. The molecule has 120 valence electrons. The van der Waals surface area contributed by atoms with E-state index in [0.717, 1.165) is 24.3 Å². The van der Waals surface area contributed by atoms with Gasteiger partial charge in [-0.25, -0.2) is 13.6 Å². The van der Waals surface area contributed by atoms with Crippen LogP contribution in [0.1, 0.15) is 12.5 Å². The fraction of sp³-hybridized carbons (Fsp3) is 0.308. The second-order valence-electron chi connectivity index (χ2n) is 4.61. The van der Waals surface area contributed by atoms with Gasteiger partial charge in [0.1, 0.15) is 11.5 Å². The fourth-order valence-corrected chi connectivity index (χ4v) is 1.93. The molecule has 1 aromatic carbocycles. The summed E-state index contributed by atoms with van der Waals surface area (Å²) in [6.45, 7) is 0.487. The van der Waals surface area contributed by atoms with Gasteiger partial charge in [0.05, 0.1) is 5.57 Å². The van der Waals surface area contributed by atoms with Crippen LogP contribution in [0.5, 0.6) is 11.5 Å². The molecule has 1 aliphatic heterocycles. The molecular weight excluding hydrogens is 315 g/mol. The Labute approximate surface area is 120 Å². The van der Waals surface area contributed by atoms with E-state index in [-0.39, 0.29) is 11.3 Å². The molecule has 1 atom stereocenters. The van der Waals surface area contributed by atoms with Crippen molar-refractivity contribution in [2.75, 3.05) is 0 Å². The first-order valence-electron chi connectivity index (χ1n) is 5.86. The highest BCUT2D eigenvalue weighted by molar-refractivity contribution is 5.95. The molecule has 4 nitrogen and oxygen atoms in total. The van der Waals surface area contributed by atoms with Crippen molar-refractivity contribution in [3.8, 4) is 11.5 Å². The monoisotopic (exact) mass is 324 g/mol. The van der Waals surface area contributed by atoms with Crippen molar-refractivity contribution in [2.45, 2.75) is 25.3 Å². The lowest BCUT2D eigenvalue weighted by molar-refractivity contribution is -0.274. The molecule has 9 heteroatoms. The third kappa shape index (κ3) is 3.46. The quantitative estimate of drug-likeness (QED) is 0.865. The Bertz CT molecular complexity index is 630. The molecule has 1 unspecified atom stereocenters. The van der Waals surface area contributed by atoms with Crippen LogP contribution in [0, 0.1) is 0 Å². The molecule has 1 N–H and O–H groups in total. The lowest BCUT2D eigenvalue weighted by Crippen LogP contribution is -2.41. The zero-order chi connectivity index (χ0) is 16.7. The van der Waals surface area contributed by atoms with Gasteiger partial charge in [0, 0.05) is 12.5 Å². The number of aliphatic carboxylic acids is 1. The number of carboxylic acids is 1. The summed E-state index contributed by atoms with van der Waals surface area (Å²) >= 11 is 0. The SMILES string of the molecule is CC(F)(F)C1Oc2ccc(OC(F)(F)F)cc2C=C1C(=O)O. The van der Waals surface area contributed by atoms with Crippen molar-refractivity contribution >= 4 is 12.0 Å². The van der Waals surface area contributed by atoms with Crippen molar-refractivity contribution in [3.63, 3.8) is 0 Å². The van der Waals surface area contributed by atoms with Crippen molar-refractivity contribution in [2.24, 2.45) is 0 Å². The summed E-state index contributed by atoms with van der Waals surface area (Å²) < 4.78 is 71.8. The van der Waals surface area contributed by atoms with E-state index in [1.54, 1.807) is 0 Å². The smallest absolute Gasteiger partial charge is 0.478 e. The molecule has 0 aromatic heterocycles. The Balaban J connectivity index is 2.43. The van der Waals surface area contributed by atoms with Crippen LogP contribution in [0.15, 0.2) is 23.8 Å². The van der Waals surface area contributed by atoms with Crippen LogP contribution in [-0.4, -0.2) is 29.5 Å². The van der Waals surface area contributed by atoms with Crippen LogP contribution >= 0.6 is 0 Å². The highest BCUT2D eigenvalue weighted by Gasteiger charge is 2.44. The van der Waals surface area contributed by atoms with Crippen LogP contribution in [0.3, 0.4) is 0 Å². The summed E-state index contributed by atoms with van der Waals surface area (Å²) in [5.74, 6) is -5.91. The van der Waals surface area contributed by atoms with Crippen LogP contribution in [-0.2, 0) is 4.79 Å². The van der Waals surface area contributed by atoms with Crippen LogP contribution in [0.2, 0.25) is 0 Å². The normalized spacial score (nSPS) is 18.1. The van der Waals surface area contributed by atoms with Gasteiger partial charge in [-0.3, -0.25) is 0 Å². The average Bonchev–Trinajstić information content (AvgIpc) is 2.33. The van der Waals surface area contributed by atoms with Gasteiger partial charge in [0.2, 0.25) is 0 Å². The number of ether oxygens (including phenoxy) is 2. The van der Waals surface area contributed by atoms with E-state index in [1.165, 1.54) is 0 Å². The largest absolute Gasteiger partial charge is 0.573 e. The molecule has 1 heterocycles. The molecule has 0 spiro atoms. The van der Waals surface area contributed by atoms with E-state index < -0.39 is 35.7 Å². The average molecular weight is 324 g/mol. The summed E-state index contributed by atoms with van der Waals surface area (Å²) in [6.07, 6.45) is -6.12. The number of alkyl halides is 5. The Hall–Kier alpha value is -2.32. The van der Waals surface area contributed by atoms with Crippen molar-refractivity contribution < 1.29 is 41.3 Å². The number of fused-ring (bicyclic) bond motifs is 1. The molecular formula is C13H9F5O4. The van der Waals surface area contributed by atoms with Gasteiger partial charge in [-0.15, -0.1) is 13.2 Å². The topological polar surface area (TPSA) is 55.8 Å². The van der Waals surface area contributed by atoms with E-state index in [4.69, 9.17) is 9.84 Å². The molecule has 0 amide bonds. The molecule has 0 bridgehead atoms. The summed E-state index contributed by atoms with van der Waals surface area (Å²) in [6, 6.07) is 2.75. The molecule has 1 aliphatic rings. The van der Waals surface area contributed by atoms with Gasteiger partial charge in [-0.1, -0.05) is 0 Å². The van der Waals surface area contributed by atoms with Gasteiger partial charge < -0.3 is 14.6 Å².